The molecule has 2 aromatic rings. The van der Waals surface area contributed by atoms with Gasteiger partial charge in [0.05, 0.1) is 22.3 Å². The van der Waals surface area contributed by atoms with E-state index in [0.717, 1.165) is 42.8 Å². The number of carbonyl (C=O) groups excluding carboxylic acids is 3. The number of halogens is 3. The van der Waals surface area contributed by atoms with E-state index < -0.39 is 58.0 Å². The van der Waals surface area contributed by atoms with Gasteiger partial charge in [0.15, 0.2) is 0 Å². The lowest BCUT2D eigenvalue weighted by Gasteiger charge is -2.30. The average molecular weight is 917 g/mol. The molecule has 6 rings (SSSR count). The second-order valence-electron chi connectivity index (χ2n) is 11.1. The van der Waals surface area contributed by atoms with Gasteiger partial charge in [0.1, 0.15) is 28.1 Å². The number of esters is 3. The van der Waals surface area contributed by atoms with Crippen molar-refractivity contribution in [3.05, 3.63) is 52.2 Å². The van der Waals surface area contributed by atoms with E-state index in [1.807, 2.05) is 0 Å². The molecule has 0 N–H and O–H groups in total. The van der Waals surface area contributed by atoms with Gasteiger partial charge in [0.25, 0.3) is 0 Å². The molecule has 1 saturated heterocycles. The highest BCUT2D eigenvalue weighted by atomic mass is 127. The second kappa shape index (κ2) is 11.5. The summed E-state index contributed by atoms with van der Waals surface area (Å²) in [6.45, 7) is 0. The van der Waals surface area contributed by atoms with Crippen LogP contribution in [0, 0.1) is 34.4 Å². The first-order chi connectivity index (χ1) is 19.4. The van der Waals surface area contributed by atoms with Crippen LogP contribution in [0.3, 0.4) is 0 Å². The van der Waals surface area contributed by atoms with Crippen molar-refractivity contribution in [2.24, 2.45) is 23.7 Å². The number of ether oxygens (including phenoxy) is 3. The zero-order valence-electron chi connectivity index (χ0n) is 21.4. The van der Waals surface area contributed by atoms with Crippen LogP contribution in [0.4, 0.5) is 0 Å². The van der Waals surface area contributed by atoms with Gasteiger partial charge >= 0.3 is 17.9 Å². The topological polar surface area (TPSA) is 136 Å². The van der Waals surface area contributed by atoms with Crippen molar-refractivity contribution in [1.29, 1.82) is 0 Å². The fourth-order valence-corrected chi connectivity index (χ4v) is 9.90. The lowest BCUT2D eigenvalue weighted by atomic mass is 9.78. The molecule has 0 aromatic heterocycles. The van der Waals surface area contributed by atoms with Crippen LogP contribution in [-0.4, -0.2) is 43.1 Å². The first-order valence-electron chi connectivity index (χ1n) is 13.3. The van der Waals surface area contributed by atoms with Crippen molar-refractivity contribution >= 4 is 95.8 Å². The van der Waals surface area contributed by atoms with E-state index >= 15 is 0 Å². The van der Waals surface area contributed by atoms with Crippen molar-refractivity contribution in [1.82, 2.24) is 0 Å². The Bertz CT molecular complexity index is 1530. The largest absolute Gasteiger partial charge is 0.744 e. The van der Waals surface area contributed by atoms with Gasteiger partial charge in [-0.3, -0.25) is 9.59 Å². The summed E-state index contributed by atoms with van der Waals surface area (Å²) in [5.41, 5.74) is 0.748. The highest BCUT2D eigenvalue weighted by Gasteiger charge is 2.70. The van der Waals surface area contributed by atoms with Gasteiger partial charge in [-0.15, -0.1) is 0 Å². The smallest absolute Gasteiger partial charge is 0.338 e. The van der Waals surface area contributed by atoms with E-state index in [-0.39, 0.29) is 22.5 Å². The molecule has 0 amide bonds. The first kappa shape index (κ1) is 30.0. The van der Waals surface area contributed by atoms with Gasteiger partial charge in [-0.05, 0) is 129 Å². The van der Waals surface area contributed by atoms with Crippen LogP contribution >= 0.6 is 67.8 Å². The number of hydrogen-bond acceptors (Lipinski definition) is 9. The fraction of sp³-hybridized carbons (Fsp3) is 0.464. The average Bonchev–Trinajstić information content (AvgIpc) is 3.55. The van der Waals surface area contributed by atoms with Crippen molar-refractivity contribution < 1.29 is 41.6 Å². The van der Waals surface area contributed by atoms with Gasteiger partial charge in [0, 0.05) is 22.5 Å². The van der Waals surface area contributed by atoms with Crippen LogP contribution in [0.25, 0.3) is 0 Å². The van der Waals surface area contributed by atoms with Gasteiger partial charge in [-0.1, -0.05) is 19.3 Å². The summed E-state index contributed by atoms with van der Waals surface area (Å²) in [5.74, 6) is -3.99. The third-order valence-electron chi connectivity index (χ3n) is 8.79. The molecule has 9 nitrogen and oxygen atoms in total. The van der Waals surface area contributed by atoms with Crippen LogP contribution in [0.5, 0.6) is 5.75 Å². The molecule has 1 aliphatic heterocycles. The molecule has 13 heteroatoms. The number of hydrogen-bond donors (Lipinski definition) is 0. The predicted molar refractivity (Wildman–Crippen MR) is 168 cm³/mol. The molecule has 4 aliphatic rings. The lowest BCUT2D eigenvalue weighted by Crippen LogP contribution is -2.44. The highest BCUT2D eigenvalue weighted by molar-refractivity contribution is 14.1. The zero-order valence-corrected chi connectivity index (χ0v) is 28.7. The third kappa shape index (κ3) is 5.54. The Labute approximate surface area is 278 Å². The van der Waals surface area contributed by atoms with E-state index in [1.54, 1.807) is 12.1 Å². The van der Waals surface area contributed by atoms with E-state index in [4.69, 9.17) is 14.2 Å². The number of benzene rings is 2. The van der Waals surface area contributed by atoms with E-state index in [9.17, 15) is 27.4 Å². The van der Waals surface area contributed by atoms with Crippen molar-refractivity contribution in [2.45, 2.75) is 61.5 Å². The second-order valence-corrected chi connectivity index (χ2v) is 15.8. The van der Waals surface area contributed by atoms with E-state index in [2.05, 4.69) is 67.8 Å². The summed E-state index contributed by atoms with van der Waals surface area (Å²) in [6.07, 6.45) is 3.47. The number of rotatable bonds is 6. The lowest BCUT2D eigenvalue weighted by molar-refractivity contribution is -0.149. The monoisotopic (exact) mass is 917 g/mol. The maximum atomic E-state index is 13.6. The highest BCUT2D eigenvalue weighted by Crippen LogP contribution is 2.59. The Morgan fingerprint density at radius 3 is 2.32 bits per heavy atom. The maximum absolute atomic E-state index is 13.6. The minimum absolute atomic E-state index is 0.116. The SMILES string of the molecule is O=C(OC1C2CC3C1OC(=O)C3C2C(=O)Oc1ccc(S(=O)(=O)[O-])c(C2CCCCC2)c1)c1cc(I)c(I)c(I)c1. The summed E-state index contributed by atoms with van der Waals surface area (Å²) < 4.78 is 56.0. The summed E-state index contributed by atoms with van der Waals surface area (Å²) >= 11 is 6.52. The molecule has 6 atom stereocenters. The molecular weight excluding hydrogens is 893 g/mol. The normalized spacial score (nSPS) is 28.9. The zero-order chi connectivity index (χ0) is 29.2. The standard InChI is InChI=1S/C28H25I3O9S/c29-18-8-13(9-19(30)23(18)31)26(32)39-24-16-11-17-22(28(34)40-25(17)24)21(16)27(33)38-14-6-7-20(41(35,36)37)15(10-14)12-4-2-1-3-5-12/h6-10,12,16-17,21-22,24-25H,1-5,11H2,(H,35,36,37)/p-1. The van der Waals surface area contributed by atoms with Crippen LogP contribution in [-0.2, 0) is 29.2 Å². The quantitative estimate of drug-likeness (QED) is 0.123. The van der Waals surface area contributed by atoms with Crippen molar-refractivity contribution in [2.75, 3.05) is 0 Å². The Morgan fingerprint density at radius 2 is 1.66 bits per heavy atom. The molecule has 0 radical (unpaired) electrons. The molecule has 2 aromatic carbocycles. The minimum atomic E-state index is -4.72. The third-order valence-corrected chi connectivity index (χ3v) is 14.6. The van der Waals surface area contributed by atoms with Crippen molar-refractivity contribution in [3.63, 3.8) is 0 Å². The first-order valence-corrected chi connectivity index (χ1v) is 18.0. The predicted octanol–water partition coefficient (Wildman–Crippen LogP) is 5.39. The Balaban J connectivity index is 1.25. The van der Waals surface area contributed by atoms with Crippen LogP contribution in [0.1, 0.15) is 60.4 Å². The molecule has 4 fully saturated rings. The van der Waals surface area contributed by atoms with Gasteiger partial charge < -0.3 is 18.8 Å². The molecule has 2 bridgehead atoms. The molecule has 1 heterocycles. The summed E-state index contributed by atoms with van der Waals surface area (Å²) in [5, 5.41) is 0. The van der Waals surface area contributed by atoms with Gasteiger partial charge in [-0.2, -0.15) is 0 Å². The van der Waals surface area contributed by atoms with E-state index in [1.165, 1.54) is 18.2 Å². The van der Waals surface area contributed by atoms with Crippen molar-refractivity contribution in [3.8, 4) is 5.75 Å². The fourth-order valence-electron chi connectivity index (χ4n) is 7.07. The summed E-state index contributed by atoms with van der Waals surface area (Å²) in [6, 6.07) is 7.45. The molecule has 3 saturated carbocycles. The molecule has 3 aliphatic carbocycles. The molecule has 6 unspecified atom stereocenters. The summed E-state index contributed by atoms with van der Waals surface area (Å²) in [7, 11) is -4.72. The van der Waals surface area contributed by atoms with Gasteiger partial charge in [0.2, 0.25) is 0 Å². The molecule has 218 valence electrons. The maximum Gasteiger partial charge on any atom is 0.338 e. The van der Waals surface area contributed by atoms with Gasteiger partial charge in [-0.25, -0.2) is 13.2 Å². The Hall–Kier alpha value is -1.05. The van der Waals surface area contributed by atoms with Crippen LogP contribution < -0.4 is 4.74 Å². The molecular formula is C28H24I3O9S-. The molecule has 0 spiro atoms. The Kier molecular flexibility index (Phi) is 8.39. The van der Waals surface area contributed by atoms with Crippen LogP contribution in [0.15, 0.2) is 35.2 Å². The summed E-state index contributed by atoms with van der Waals surface area (Å²) in [4.78, 5) is 39.3. The number of fused-ring (bicyclic) bond motifs is 1. The number of carbonyl (C=O) groups is 3. The minimum Gasteiger partial charge on any atom is -0.744 e. The Morgan fingerprint density at radius 1 is 0.976 bits per heavy atom. The van der Waals surface area contributed by atoms with Crippen LogP contribution in [0.2, 0.25) is 0 Å². The molecule has 41 heavy (non-hydrogen) atoms. The van der Waals surface area contributed by atoms with E-state index in [0.29, 0.717) is 17.5 Å².